The van der Waals surface area contributed by atoms with Crippen LogP contribution in [0.5, 0.6) is 0 Å². The molecular weight excluding hydrogens is 502 g/mol. The first-order valence-electron chi connectivity index (χ1n) is 12.4. The predicted octanol–water partition coefficient (Wildman–Crippen LogP) is 6.22. The summed E-state index contributed by atoms with van der Waals surface area (Å²) in [6.07, 6.45) is -1.97. The van der Waals surface area contributed by atoms with Crippen LogP contribution in [-0.4, -0.2) is 42.4 Å². The molecule has 0 spiro atoms. The topological polar surface area (TPSA) is 103 Å². The second-order valence-corrected chi connectivity index (χ2v) is 10.2. The highest BCUT2D eigenvalue weighted by Gasteiger charge is 2.48. The van der Waals surface area contributed by atoms with Crippen molar-refractivity contribution in [3.63, 3.8) is 0 Å². The maximum atomic E-state index is 11.7. The largest absolute Gasteiger partial charge is 0.463 e. The Morgan fingerprint density at radius 1 is 0.921 bits per heavy atom. The van der Waals surface area contributed by atoms with Crippen molar-refractivity contribution < 1.29 is 23.7 Å². The third-order valence-corrected chi connectivity index (χ3v) is 7.26. The fourth-order valence-corrected chi connectivity index (χ4v) is 5.29. The van der Waals surface area contributed by atoms with Gasteiger partial charge in [-0.1, -0.05) is 95.2 Å². The summed E-state index contributed by atoms with van der Waals surface area (Å²) in [5, 5.41) is 4.13. The number of hydrogen-bond donors (Lipinski definition) is 0. The molecule has 1 aliphatic heterocycles. The summed E-state index contributed by atoms with van der Waals surface area (Å²) in [7, 11) is 0. The molecule has 1 heterocycles. The Morgan fingerprint density at radius 3 is 2.05 bits per heavy atom. The van der Waals surface area contributed by atoms with Crippen LogP contribution >= 0.6 is 11.8 Å². The van der Waals surface area contributed by atoms with Gasteiger partial charge in [-0.15, -0.1) is 0 Å². The van der Waals surface area contributed by atoms with Crippen LogP contribution in [0, 0.1) is 6.92 Å². The number of aryl methyl sites for hydroxylation is 1. The van der Waals surface area contributed by atoms with E-state index in [4.69, 9.17) is 18.9 Å². The molecule has 1 saturated heterocycles. The summed E-state index contributed by atoms with van der Waals surface area (Å²) >= 11 is 1.44. The molecule has 0 radical (unpaired) electrons. The molecule has 3 aromatic carbocycles. The van der Waals surface area contributed by atoms with Crippen LogP contribution in [0.3, 0.4) is 0 Å². The lowest BCUT2D eigenvalue weighted by atomic mass is 9.97. The molecule has 0 amide bonds. The molecule has 0 N–H and O–H groups in total. The standard InChI is InChI=1S/C29H31N3O5S/c1-20-13-15-24(16-14-20)38-29-26(31-32-30)28(36-18-23-11-7-4-8-12-23)27(25(37-29)19-34-21(2)33)35-17-22-9-5-3-6-10-22/h3-16,25-29H,17-19H2,1-2H3/t25-,26-,27-,28-,29?/m1/s1. The average Bonchev–Trinajstić information content (AvgIpc) is 2.93. The van der Waals surface area contributed by atoms with Crippen LogP contribution in [0.25, 0.3) is 10.4 Å². The van der Waals surface area contributed by atoms with Gasteiger partial charge in [0.2, 0.25) is 0 Å². The molecule has 1 unspecified atom stereocenters. The molecule has 0 bridgehead atoms. The van der Waals surface area contributed by atoms with Crippen LogP contribution in [0.15, 0.2) is 94.9 Å². The van der Waals surface area contributed by atoms with Gasteiger partial charge in [-0.3, -0.25) is 4.79 Å². The van der Waals surface area contributed by atoms with Crippen molar-refractivity contribution in [1.82, 2.24) is 0 Å². The molecule has 4 rings (SSSR count). The molecule has 1 fully saturated rings. The molecular formula is C29H31N3O5S. The molecule has 38 heavy (non-hydrogen) atoms. The van der Waals surface area contributed by atoms with Gasteiger partial charge in [0.05, 0.1) is 19.3 Å². The quantitative estimate of drug-likeness (QED) is 0.125. The Labute approximate surface area is 226 Å². The normalized spacial score (nSPS) is 22.8. The molecule has 5 atom stereocenters. The van der Waals surface area contributed by atoms with Crippen molar-refractivity contribution in [3.8, 4) is 0 Å². The minimum atomic E-state index is -0.704. The van der Waals surface area contributed by atoms with Gasteiger partial charge in [0.25, 0.3) is 0 Å². The summed E-state index contributed by atoms with van der Waals surface area (Å²) in [4.78, 5) is 15.8. The Kier molecular flexibility index (Phi) is 10.2. The number of esters is 1. The summed E-state index contributed by atoms with van der Waals surface area (Å²) < 4.78 is 24.6. The molecule has 9 heteroatoms. The van der Waals surface area contributed by atoms with E-state index in [1.54, 1.807) is 0 Å². The van der Waals surface area contributed by atoms with E-state index in [1.807, 2.05) is 91.9 Å². The molecule has 198 valence electrons. The molecule has 0 aliphatic carbocycles. The van der Waals surface area contributed by atoms with Gasteiger partial charge < -0.3 is 18.9 Å². The van der Waals surface area contributed by atoms with Gasteiger partial charge in [-0.05, 0) is 35.7 Å². The molecule has 1 aliphatic rings. The van der Waals surface area contributed by atoms with E-state index in [1.165, 1.54) is 18.7 Å². The summed E-state index contributed by atoms with van der Waals surface area (Å²) in [6.45, 7) is 3.93. The Balaban J connectivity index is 1.65. The monoisotopic (exact) mass is 533 g/mol. The molecule has 3 aromatic rings. The maximum Gasteiger partial charge on any atom is 0.302 e. The highest BCUT2D eigenvalue weighted by atomic mass is 32.2. The number of benzene rings is 3. The average molecular weight is 534 g/mol. The Hall–Kier alpha value is -3.33. The summed E-state index contributed by atoms with van der Waals surface area (Å²) in [5.41, 5.74) is 12.0. The number of azide groups is 1. The van der Waals surface area contributed by atoms with Crippen LogP contribution in [-0.2, 0) is 37.0 Å². The lowest BCUT2D eigenvalue weighted by Crippen LogP contribution is -2.59. The number of hydrogen-bond acceptors (Lipinski definition) is 7. The fourth-order valence-electron chi connectivity index (χ4n) is 4.18. The fraction of sp³-hybridized carbons (Fsp3) is 0.345. The number of thioether (sulfide) groups is 1. The number of carbonyl (C=O) groups is 1. The van der Waals surface area contributed by atoms with Crippen LogP contribution in [0.1, 0.15) is 23.6 Å². The van der Waals surface area contributed by atoms with Gasteiger partial charge in [0.15, 0.2) is 0 Å². The number of carbonyl (C=O) groups excluding carboxylic acids is 1. The summed E-state index contributed by atoms with van der Waals surface area (Å²) in [5.74, 6) is -0.419. The van der Waals surface area contributed by atoms with Gasteiger partial charge in [0, 0.05) is 16.7 Å². The lowest BCUT2D eigenvalue weighted by molar-refractivity contribution is -0.210. The van der Waals surface area contributed by atoms with Gasteiger partial charge in [-0.2, -0.15) is 0 Å². The lowest BCUT2D eigenvalue weighted by Gasteiger charge is -2.44. The zero-order valence-electron chi connectivity index (χ0n) is 21.4. The second-order valence-electron chi connectivity index (χ2n) is 8.99. The first kappa shape index (κ1) is 27.7. The second kappa shape index (κ2) is 14.0. The van der Waals surface area contributed by atoms with Crippen molar-refractivity contribution in [1.29, 1.82) is 0 Å². The highest BCUT2D eigenvalue weighted by Crippen LogP contribution is 2.38. The minimum Gasteiger partial charge on any atom is -0.463 e. The van der Waals surface area contributed by atoms with E-state index < -0.39 is 35.8 Å². The number of rotatable bonds is 11. The number of ether oxygens (including phenoxy) is 4. The SMILES string of the molecule is CC(=O)OC[C@H]1OC(Sc2ccc(C)cc2)[C@H](N=[N+]=[N-])[C@@H](OCc2ccccc2)[C@@H]1OCc1ccccc1. The van der Waals surface area contributed by atoms with Crippen molar-refractivity contribution in [2.75, 3.05) is 6.61 Å². The van der Waals surface area contributed by atoms with Crippen LogP contribution in [0.4, 0.5) is 0 Å². The smallest absolute Gasteiger partial charge is 0.302 e. The van der Waals surface area contributed by atoms with Crippen LogP contribution < -0.4 is 0 Å². The van der Waals surface area contributed by atoms with Gasteiger partial charge in [-0.25, -0.2) is 0 Å². The van der Waals surface area contributed by atoms with E-state index in [-0.39, 0.29) is 19.8 Å². The van der Waals surface area contributed by atoms with Crippen LogP contribution in [0.2, 0.25) is 0 Å². The van der Waals surface area contributed by atoms with Crippen molar-refractivity contribution in [2.24, 2.45) is 5.11 Å². The van der Waals surface area contributed by atoms with Crippen molar-refractivity contribution in [2.45, 2.75) is 61.7 Å². The molecule has 0 saturated carbocycles. The zero-order valence-corrected chi connectivity index (χ0v) is 22.2. The van der Waals surface area contributed by atoms with Crippen molar-refractivity contribution >= 4 is 17.7 Å². The van der Waals surface area contributed by atoms with Crippen molar-refractivity contribution in [3.05, 3.63) is 112 Å². The van der Waals surface area contributed by atoms with E-state index in [9.17, 15) is 10.3 Å². The minimum absolute atomic E-state index is 0.0199. The predicted molar refractivity (Wildman–Crippen MR) is 145 cm³/mol. The molecule has 0 aromatic heterocycles. The molecule has 8 nitrogen and oxygen atoms in total. The Bertz CT molecular complexity index is 1210. The summed E-state index contributed by atoms with van der Waals surface area (Å²) in [6, 6.07) is 26.8. The van der Waals surface area contributed by atoms with E-state index in [2.05, 4.69) is 10.0 Å². The Morgan fingerprint density at radius 2 is 1.50 bits per heavy atom. The van der Waals surface area contributed by atoms with Gasteiger partial charge >= 0.3 is 5.97 Å². The highest BCUT2D eigenvalue weighted by molar-refractivity contribution is 7.99. The first-order chi connectivity index (χ1) is 18.5. The first-order valence-corrected chi connectivity index (χ1v) is 13.3. The third-order valence-electron chi connectivity index (χ3n) is 6.09. The number of nitrogens with zero attached hydrogens (tertiary/aromatic N) is 3. The maximum absolute atomic E-state index is 11.7. The zero-order chi connectivity index (χ0) is 26.7. The third kappa shape index (κ3) is 7.84. The van der Waals surface area contributed by atoms with E-state index in [0.717, 1.165) is 21.6 Å². The van der Waals surface area contributed by atoms with Gasteiger partial charge in [0.1, 0.15) is 30.3 Å². The van der Waals surface area contributed by atoms with E-state index in [0.29, 0.717) is 0 Å². The van der Waals surface area contributed by atoms with E-state index >= 15 is 0 Å².